The van der Waals surface area contributed by atoms with Crippen molar-refractivity contribution in [1.82, 2.24) is 10.3 Å². The molecule has 2 N–H and O–H groups in total. The quantitative estimate of drug-likeness (QED) is 0.890. The van der Waals surface area contributed by atoms with E-state index in [0.29, 0.717) is 5.56 Å². The van der Waals surface area contributed by atoms with Crippen LogP contribution in [0, 0.1) is 5.82 Å². The highest BCUT2D eigenvalue weighted by atomic mass is 19.1. The molecule has 1 aromatic heterocycles. The molecule has 3 rings (SSSR count). The topological polar surface area (TPSA) is 62.0 Å². The normalized spacial score (nSPS) is 17.1. The SMILES string of the molecule is O=C(N[C@H]1CCCc2cc(F)ccc21)c1cc[nH]c(=O)c1. The van der Waals surface area contributed by atoms with Crippen molar-refractivity contribution in [2.24, 2.45) is 0 Å². The van der Waals surface area contributed by atoms with E-state index in [4.69, 9.17) is 0 Å². The molecule has 0 bridgehead atoms. The summed E-state index contributed by atoms with van der Waals surface area (Å²) in [6, 6.07) is 7.36. The molecular weight excluding hydrogens is 271 g/mol. The van der Waals surface area contributed by atoms with Crippen LogP contribution in [0.1, 0.15) is 40.4 Å². The molecule has 108 valence electrons. The number of amides is 1. The molecule has 1 aromatic carbocycles. The summed E-state index contributed by atoms with van der Waals surface area (Å²) in [5, 5.41) is 2.92. The van der Waals surface area contributed by atoms with Crippen LogP contribution in [0.15, 0.2) is 41.3 Å². The van der Waals surface area contributed by atoms with E-state index in [0.717, 1.165) is 30.4 Å². The first-order valence-electron chi connectivity index (χ1n) is 6.91. The third kappa shape index (κ3) is 2.86. The molecule has 0 saturated heterocycles. The first-order valence-corrected chi connectivity index (χ1v) is 6.91. The third-order valence-electron chi connectivity index (χ3n) is 3.76. The minimum absolute atomic E-state index is 0.138. The van der Waals surface area contributed by atoms with Crippen LogP contribution in [0.5, 0.6) is 0 Å². The lowest BCUT2D eigenvalue weighted by atomic mass is 9.87. The molecule has 0 aliphatic heterocycles. The number of pyridine rings is 1. The summed E-state index contributed by atoms with van der Waals surface area (Å²) in [5.74, 6) is -0.543. The zero-order valence-corrected chi connectivity index (χ0v) is 11.4. The fourth-order valence-electron chi connectivity index (χ4n) is 2.76. The maximum Gasteiger partial charge on any atom is 0.252 e. The number of aromatic amines is 1. The van der Waals surface area contributed by atoms with E-state index in [-0.39, 0.29) is 23.3 Å². The first kappa shape index (κ1) is 13.5. The maximum atomic E-state index is 13.3. The lowest BCUT2D eigenvalue weighted by Gasteiger charge is -2.26. The van der Waals surface area contributed by atoms with Crippen molar-refractivity contribution >= 4 is 5.91 Å². The molecule has 0 fully saturated rings. The number of benzene rings is 1. The van der Waals surface area contributed by atoms with E-state index in [1.165, 1.54) is 24.4 Å². The standard InChI is InChI=1S/C16H15FN2O2/c17-12-4-5-13-10(8-12)2-1-3-14(13)19-16(21)11-6-7-18-15(20)9-11/h4-9,14H,1-3H2,(H,18,20)(H,19,21)/t14-/m0/s1. The Labute approximate surface area is 121 Å². The minimum atomic E-state index is -0.311. The van der Waals surface area contributed by atoms with E-state index in [1.54, 1.807) is 12.1 Å². The molecule has 0 spiro atoms. The zero-order valence-electron chi connectivity index (χ0n) is 11.4. The Morgan fingerprint density at radius 3 is 2.95 bits per heavy atom. The number of hydrogen-bond acceptors (Lipinski definition) is 2. The maximum absolute atomic E-state index is 13.3. The second-order valence-corrected chi connectivity index (χ2v) is 5.20. The van der Waals surface area contributed by atoms with Gasteiger partial charge in [-0.15, -0.1) is 0 Å². The van der Waals surface area contributed by atoms with E-state index in [2.05, 4.69) is 10.3 Å². The Hall–Kier alpha value is -2.43. The van der Waals surface area contributed by atoms with Gasteiger partial charge in [-0.2, -0.15) is 0 Å². The van der Waals surface area contributed by atoms with Gasteiger partial charge in [-0.05, 0) is 48.6 Å². The Kier molecular flexibility index (Phi) is 3.56. The highest BCUT2D eigenvalue weighted by Crippen LogP contribution is 2.30. The number of hydrogen-bond donors (Lipinski definition) is 2. The second kappa shape index (κ2) is 5.52. The molecule has 0 saturated carbocycles. The van der Waals surface area contributed by atoms with Gasteiger partial charge in [-0.25, -0.2) is 4.39 Å². The highest BCUT2D eigenvalue weighted by molar-refractivity contribution is 5.94. The van der Waals surface area contributed by atoms with Crippen LogP contribution in [0.3, 0.4) is 0 Å². The molecule has 4 nitrogen and oxygen atoms in total. The van der Waals surface area contributed by atoms with Gasteiger partial charge in [0.25, 0.3) is 5.91 Å². The van der Waals surface area contributed by atoms with Crippen molar-refractivity contribution < 1.29 is 9.18 Å². The van der Waals surface area contributed by atoms with Crippen molar-refractivity contribution in [2.45, 2.75) is 25.3 Å². The second-order valence-electron chi connectivity index (χ2n) is 5.20. The van der Waals surface area contributed by atoms with Crippen molar-refractivity contribution in [3.05, 3.63) is 69.4 Å². The lowest BCUT2D eigenvalue weighted by Crippen LogP contribution is -2.31. The number of carbonyl (C=O) groups excluding carboxylic acids is 1. The molecule has 0 radical (unpaired) electrons. The summed E-state index contributed by atoms with van der Waals surface area (Å²) in [4.78, 5) is 25.9. The number of fused-ring (bicyclic) bond motifs is 1. The van der Waals surface area contributed by atoms with E-state index in [1.807, 2.05) is 0 Å². The average molecular weight is 286 g/mol. The molecule has 1 atom stereocenters. The van der Waals surface area contributed by atoms with Crippen LogP contribution in [0.4, 0.5) is 4.39 Å². The number of aryl methyl sites for hydroxylation is 1. The number of rotatable bonds is 2. The molecule has 1 amide bonds. The molecule has 1 aliphatic rings. The number of nitrogens with one attached hydrogen (secondary N) is 2. The average Bonchev–Trinajstić information content (AvgIpc) is 2.47. The van der Waals surface area contributed by atoms with Crippen molar-refractivity contribution in [2.75, 3.05) is 0 Å². The lowest BCUT2D eigenvalue weighted by molar-refractivity contribution is 0.0932. The molecular formula is C16H15FN2O2. The van der Waals surface area contributed by atoms with Crippen molar-refractivity contribution in [3.8, 4) is 0 Å². The van der Waals surface area contributed by atoms with E-state index < -0.39 is 0 Å². The van der Waals surface area contributed by atoms with Gasteiger partial charge >= 0.3 is 0 Å². The molecule has 1 aliphatic carbocycles. The largest absolute Gasteiger partial charge is 0.345 e. The Morgan fingerprint density at radius 1 is 1.29 bits per heavy atom. The number of halogens is 1. The van der Waals surface area contributed by atoms with Gasteiger partial charge in [0.2, 0.25) is 5.56 Å². The van der Waals surface area contributed by atoms with Crippen LogP contribution < -0.4 is 10.9 Å². The molecule has 5 heteroatoms. The third-order valence-corrected chi connectivity index (χ3v) is 3.76. The highest BCUT2D eigenvalue weighted by Gasteiger charge is 2.22. The van der Waals surface area contributed by atoms with Gasteiger partial charge in [-0.3, -0.25) is 9.59 Å². The Morgan fingerprint density at radius 2 is 2.14 bits per heavy atom. The summed E-state index contributed by atoms with van der Waals surface area (Å²) >= 11 is 0. The monoisotopic (exact) mass is 286 g/mol. The predicted molar refractivity (Wildman–Crippen MR) is 76.6 cm³/mol. The van der Waals surface area contributed by atoms with Gasteiger partial charge in [0.1, 0.15) is 5.82 Å². The van der Waals surface area contributed by atoms with E-state index >= 15 is 0 Å². The number of H-pyrrole nitrogens is 1. The fourth-order valence-corrected chi connectivity index (χ4v) is 2.76. The van der Waals surface area contributed by atoms with Gasteiger partial charge in [0.15, 0.2) is 0 Å². The van der Waals surface area contributed by atoms with Gasteiger partial charge in [0.05, 0.1) is 6.04 Å². The van der Waals surface area contributed by atoms with Crippen molar-refractivity contribution in [1.29, 1.82) is 0 Å². The number of aromatic nitrogens is 1. The Balaban J connectivity index is 1.83. The van der Waals surface area contributed by atoms with Gasteiger partial charge in [0, 0.05) is 17.8 Å². The van der Waals surface area contributed by atoms with Crippen LogP contribution >= 0.6 is 0 Å². The fraction of sp³-hybridized carbons (Fsp3) is 0.250. The van der Waals surface area contributed by atoms with Gasteiger partial charge in [-0.1, -0.05) is 6.07 Å². The number of carbonyl (C=O) groups is 1. The summed E-state index contributed by atoms with van der Waals surface area (Å²) in [7, 11) is 0. The summed E-state index contributed by atoms with van der Waals surface area (Å²) in [6.07, 6.45) is 3.98. The molecule has 2 aromatic rings. The van der Waals surface area contributed by atoms with Crippen LogP contribution in [-0.2, 0) is 6.42 Å². The first-order chi connectivity index (χ1) is 10.1. The van der Waals surface area contributed by atoms with Crippen LogP contribution in [0.25, 0.3) is 0 Å². The van der Waals surface area contributed by atoms with Gasteiger partial charge < -0.3 is 10.3 Å². The molecule has 1 heterocycles. The van der Waals surface area contributed by atoms with Crippen LogP contribution in [-0.4, -0.2) is 10.9 Å². The predicted octanol–water partition coefficient (Wildman–Crippen LogP) is 2.32. The molecule has 0 unspecified atom stereocenters. The minimum Gasteiger partial charge on any atom is -0.345 e. The molecule has 21 heavy (non-hydrogen) atoms. The Bertz CT molecular complexity index is 739. The summed E-state index contributed by atoms with van der Waals surface area (Å²) < 4.78 is 13.3. The van der Waals surface area contributed by atoms with Crippen molar-refractivity contribution in [3.63, 3.8) is 0 Å². The zero-order chi connectivity index (χ0) is 14.8. The summed E-state index contributed by atoms with van der Waals surface area (Å²) in [6.45, 7) is 0. The smallest absolute Gasteiger partial charge is 0.252 e. The van der Waals surface area contributed by atoms with Crippen LogP contribution in [0.2, 0.25) is 0 Å². The summed E-state index contributed by atoms with van der Waals surface area (Å²) in [5.41, 5.74) is 1.92. The van der Waals surface area contributed by atoms with E-state index in [9.17, 15) is 14.0 Å².